The van der Waals surface area contributed by atoms with Gasteiger partial charge in [0, 0.05) is 0 Å². The van der Waals surface area contributed by atoms with Gasteiger partial charge in [0.05, 0.1) is 8.07 Å². The SMILES string of the molecule is C=CC1(C)CCCC[Si]1(C)C. The lowest BCUT2D eigenvalue weighted by Gasteiger charge is -2.44. The molecule has 64 valence electrons. The van der Waals surface area contributed by atoms with E-state index in [4.69, 9.17) is 0 Å². The topological polar surface area (TPSA) is 0 Å². The summed E-state index contributed by atoms with van der Waals surface area (Å²) >= 11 is 0. The molecule has 0 aliphatic carbocycles. The second-order valence-electron chi connectivity index (χ2n) is 4.71. The molecule has 1 heteroatoms. The molecule has 1 saturated heterocycles. The molecule has 1 unspecified atom stereocenters. The van der Waals surface area contributed by atoms with Crippen molar-refractivity contribution in [3.8, 4) is 0 Å². The maximum absolute atomic E-state index is 3.99. The molecule has 0 spiro atoms. The average molecular weight is 168 g/mol. The van der Waals surface area contributed by atoms with Crippen molar-refractivity contribution in [3.63, 3.8) is 0 Å². The van der Waals surface area contributed by atoms with Crippen molar-refractivity contribution in [3.05, 3.63) is 12.7 Å². The van der Waals surface area contributed by atoms with E-state index in [9.17, 15) is 0 Å². The summed E-state index contributed by atoms with van der Waals surface area (Å²) in [5.74, 6) is 0. The molecule has 0 aromatic carbocycles. The predicted octanol–water partition coefficient (Wildman–Crippen LogP) is 3.83. The molecule has 0 radical (unpaired) electrons. The summed E-state index contributed by atoms with van der Waals surface area (Å²) in [4.78, 5) is 0. The molecule has 11 heavy (non-hydrogen) atoms. The fraction of sp³-hybridized carbons (Fsp3) is 0.800. The van der Waals surface area contributed by atoms with Crippen LogP contribution in [0.4, 0.5) is 0 Å². The fourth-order valence-corrected chi connectivity index (χ4v) is 5.17. The molecule has 1 heterocycles. The number of hydrogen-bond donors (Lipinski definition) is 0. The van der Waals surface area contributed by atoms with Gasteiger partial charge in [0.2, 0.25) is 0 Å². The maximum atomic E-state index is 3.99. The average Bonchev–Trinajstić information content (AvgIpc) is 1.95. The van der Waals surface area contributed by atoms with Crippen LogP contribution < -0.4 is 0 Å². The van der Waals surface area contributed by atoms with Crippen LogP contribution in [0.5, 0.6) is 0 Å². The van der Waals surface area contributed by atoms with Gasteiger partial charge in [-0.2, -0.15) is 0 Å². The second kappa shape index (κ2) is 2.78. The Labute approximate surface area is 71.7 Å². The van der Waals surface area contributed by atoms with Crippen LogP contribution in [-0.2, 0) is 0 Å². The van der Waals surface area contributed by atoms with Crippen molar-refractivity contribution in [1.82, 2.24) is 0 Å². The Morgan fingerprint density at radius 2 is 2.00 bits per heavy atom. The van der Waals surface area contributed by atoms with E-state index in [-0.39, 0.29) is 0 Å². The first-order chi connectivity index (χ1) is 5.02. The zero-order chi connectivity index (χ0) is 8.54. The largest absolute Gasteiger partial charge is 0.103 e. The molecule has 0 bridgehead atoms. The van der Waals surface area contributed by atoms with Gasteiger partial charge in [-0.25, -0.2) is 0 Å². The monoisotopic (exact) mass is 168 g/mol. The van der Waals surface area contributed by atoms with Crippen LogP contribution in [0.2, 0.25) is 24.2 Å². The third-order valence-electron chi connectivity index (χ3n) is 3.74. The van der Waals surface area contributed by atoms with E-state index in [0.29, 0.717) is 5.04 Å². The van der Waals surface area contributed by atoms with Crippen molar-refractivity contribution in [1.29, 1.82) is 0 Å². The summed E-state index contributed by atoms with van der Waals surface area (Å²) in [6.07, 6.45) is 6.48. The molecule has 1 aliphatic rings. The van der Waals surface area contributed by atoms with Gasteiger partial charge in [-0.3, -0.25) is 0 Å². The van der Waals surface area contributed by atoms with E-state index in [1.165, 1.54) is 25.3 Å². The minimum Gasteiger partial charge on any atom is -0.103 e. The Morgan fingerprint density at radius 1 is 1.36 bits per heavy atom. The van der Waals surface area contributed by atoms with Gasteiger partial charge in [0.15, 0.2) is 0 Å². The molecule has 0 N–H and O–H groups in total. The van der Waals surface area contributed by atoms with Gasteiger partial charge in [0.25, 0.3) is 0 Å². The normalized spacial score (nSPS) is 36.6. The third kappa shape index (κ3) is 1.44. The van der Waals surface area contributed by atoms with Gasteiger partial charge in [-0.05, 0) is 11.5 Å². The van der Waals surface area contributed by atoms with Crippen LogP contribution in [0, 0.1) is 0 Å². The van der Waals surface area contributed by atoms with Crippen molar-refractivity contribution in [2.45, 2.75) is 50.4 Å². The Hall–Kier alpha value is -0.0431. The summed E-state index contributed by atoms with van der Waals surface area (Å²) in [6.45, 7) is 11.4. The maximum Gasteiger partial charge on any atom is 0.0575 e. The molecule has 1 fully saturated rings. The molecule has 1 rings (SSSR count). The van der Waals surface area contributed by atoms with E-state index in [1.54, 1.807) is 0 Å². The molecular weight excluding hydrogens is 148 g/mol. The molecule has 1 atom stereocenters. The van der Waals surface area contributed by atoms with Crippen molar-refractivity contribution >= 4 is 8.07 Å². The highest BCUT2D eigenvalue weighted by molar-refractivity contribution is 6.81. The summed E-state index contributed by atoms with van der Waals surface area (Å²) in [5.41, 5.74) is 0. The van der Waals surface area contributed by atoms with Gasteiger partial charge < -0.3 is 0 Å². The Morgan fingerprint density at radius 3 is 2.36 bits per heavy atom. The van der Waals surface area contributed by atoms with Crippen molar-refractivity contribution in [2.24, 2.45) is 0 Å². The fourth-order valence-electron chi connectivity index (χ4n) is 2.06. The van der Waals surface area contributed by atoms with E-state index in [2.05, 4.69) is 32.7 Å². The first-order valence-electron chi connectivity index (χ1n) is 4.65. The minimum atomic E-state index is -0.962. The van der Waals surface area contributed by atoms with Crippen molar-refractivity contribution < 1.29 is 0 Å². The quantitative estimate of drug-likeness (QED) is 0.412. The highest BCUT2D eigenvalue weighted by atomic mass is 28.3. The molecule has 0 aromatic heterocycles. The lowest BCUT2D eigenvalue weighted by molar-refractivity contribution is 0.553. The standard InChI is InChI=1S/C10H20Si/c1-5-10(2)8-6-7-9-11(10,3)4/h5H,1,6-9H2,2-4H3. The summed E-state index contributed by atoms with van der Waals surface area (Å²) in [5, 5.41) is 0.519. The number of allylic oxidation sites excluding steroid dienone is 1. The zero-order valence-electron chi connectivity index (χ0n) is 8.11. The summed E-state index contributed by atoms with van der Waals surface area (Å²) in [6, 6.07) is 1.50. The van der Waals surface area contributed by atoms with Gasteiger partial charge in [-0.1, -0.05) is 45.0 Å². The van der Waals surface area contributed by atoms with E-state index in [1.807, 2.05) is 0 Å². The molecule has 0 nitrogen and oxygen atoms in total. The Balaban J connectivity index is 2.82. The Bertz CT molecular complexity index is 160. The minimum absolute atomic E-state index is 0.519. The predicted molar refractivity (Wildman–Crippen MR) is 54.7 cm³/mol. The van der Waals surface area contributed by atoms with Crippen LogP contribution >= 0.6 is 0 Å². The number of rotatable bonds is 1. The molecule has 0 saturated carbocycles. The lowest BCUT2D eigenvalue weighted by atomic mass is 10.0. The first-order valence-corrected chi connectivity index (χ1v) is 7.86. The zero-order valence-corrected chi connectivity index (χ0v) is 9.11. The van der Waals surface area contributed by atoms with E-state index < -0.39 is 8.07 Å². The smallest absolute Gasteiger partial charge is 0.0575 e. The van der Waals surface area contributed by atoms with Gasteiger partial charge in [-0.15, -0.1) is 6.58 Å². The van der Waals surface area contributed by atoms with Gasteiger partial charge >= 0.3 is 0 Å². The van der Waals surface area contributed by atoms with Crippen LogP contribution in [-0.4, -0.2) is 8.07 Å². The van der Waals surface area contributed by atoms with Gasteiger partial charge in [0.1, 0.15) is 0 Å². The van der Waals surface area contributed by atoms with Crippen LogP contribution in [0.15, 0.2) is 12.7 Å². The van der Waals surface area contributed by atoms with Crippen LogP contribution in [0.1, 0.15) is 26.2 Å². The third-order valence-corrected chi connectivity index (χ3v) is 8.89. The molecule has 0 amide bonds. The van der Waals surface area contributed by atoms with Crippen LogP contribution in [0.25, 0.3) is 0 Å². The van der Waals surface area contributed by atoms with E-state index >= 15 is 0 Å². The Kier molecular flexibility index (Phi) is 2.29. The number of hydrogen-bond acceptors (Lipinski definition) is 0. The van der Waals surface area contributed by atoms with Crippen LogP contribution in [0.3, 0.4) is 0 Å². The van der Waals surface area contributed by atoms with E-state index in [0.717, 1.165) is 0 Å². The van der Waals surface area contributed by atoms with Crippen molar-refractivity contribution in [2.75, 3.05) is 0 Å². The molecular formula is C10H20Si. The molecule has 0 aromatic rings. The summed E-state index contributed by atoms with van der Waals surface area (Å²) < 4.78 is 0. The first kappa shape index (κ1) is 9.05. The molecule has 1 aliphatic heterocycles. The lowest BCUT2D eigenvalue weighted by Crippen LogP contribution is -2.41. The second-order valence-corrected chi connectivity index (χ2v) is 10.1. The highest BCUT2D eigenvalue weighted by Crippen LogP contribution is 2.49. The highest BCUT2D eigenvalue weighted by Gasteiger charge is 2.41. The summed E-state index contributed by atoms with van der Waals surface area (Å²) in [7, 11) is -0.962.